The van der Waals surface area contributed by atoms with Crippen molar-refractivity contribution in [2.24, 2.45) is 11.8 Å². The molecule has 0 amide bonds. The fourth-order valence-electron chi connectivity index (χ4n) is 2.34. The zero-order chi connectivity index (χ0) is 11.5. The van der Waals surface area contributed by atoms with E-state index in [9.17, 15) is 0 Å². The molecule has 3 nitrogen and oxygen atoms in total. The summed E-state index contributed by atoms with van der Waals surface area (Å²) in [6.07, 6.45) is 2.47. The monoisotopic (exact) mass is 215 g/mol. The van der Waals surface area contributed by atoms with Crippen molar-refractivity contribution in [1.29, 1.82) is 5.26 Å². The third-order valence-electron chi connectivity index (χ3n) is 3.66. The van der Waals surface area contributed by atoms with Crippen LogP contribution in [0.25, 0.3) is 0 Å². The topological polar surface area (TPSA) is 48.7 Å². The average molecular weight is 215 g/mol. The standard InChI is InChI=1S/C13H17N3/c1-9-6-7-12(10(9)2)16-13-5-3-4-11(8-14)15-13/h3-5,9-10,12H,6-7H2,1-2H3,(H,15,16). The van der Waals surface area contributed by atoms with Crippen LogP contribution in [0.3, 0.4) is 0 Å². The molecular weight excluding hydrogens is 198 g/mol. The third-order valence-corrected chi connectivity index (χ3v) is 3.66. The quantitative estimate of drug-likeness (QED) is 0.825. The summed E-state index contributed by atoms with van der Waals surface area (Å²) in [6.45, 7) is 4.58. The average Bonchev–Trinajstić information content (AvgIpc) is 2.61. The molecule has 1 aliphatic carbocycles. The van der Waals surface area contributed by atoms with Gasteiger partial charge in [-0.1, -0.05) is 19.9 Å². The summed E-state index contributed by atoms with van der Waals surface area (Å²) in [5.41, 5.74) is 0.476. The minimum Gasteiger partial charge on any atom is -0.367 e. The lowest BCUT2D eigenvalue weighted by atomic mass is 9.98. The van der Waals surface area contributed by atoms with Gasteiger partial charge in [0.15, 0.2) is 0 Å². The molecule has 1 aromatic heterocycles. The van der Waals surface area contributed by atoms with Crippen molar-refractivity contribution < 1.29 is 0 Å². The third kappa shape index (κ3) is 2.16. The molecular formula is C13H17N3. The lowest BCUT2D eigenvalue weighted by molar-refractivity contribution is 0.435. The van der Waals surface area contributed by atoms with E-state index in [0.717, 1.165) is 11.7 Å². The molecule has 0 spiro atoms. The van der Waals surface area contributed by atoms with Crippen LogP contribution in [0.4, 0.5) is 5.82 Å². The number of nitrogens with zero attached hydrogens (tertiary/aromatic N) is 2. The van der Waals surface area contributed by atoms with Gasteiger partial charge in [0, 0.05) is 6.04 Å². The summed E-state index contributed by atoms with van der Waals surface area (Å²) in [4.78, 5) is 4.24. The Morgan fingerprint density at radius 1 is 1.38 bits per heavy atom. The lowest BCUT2D eigenvalue weighted by Gasteiger charge is -2.20. The zero-order valence-corrected chi connectivity index (χ0v) is 9.77. The van der Waals surface area contributed by atoms with Gasteiger partial charge in [-0.25, -0.2) is 4.98 Å². The van der Waals surface area contributed by atoms with Crippen molar-refractivity contribution in [3.63, 3.8) is 0 Å². The van der Waals surface area contributed by atoms with Crippen LogP contribution in [0, 0.1) is 23.2 Å². The smallest absolute Gasteiger partial charge is 0.142 e. The van der Waals surface area contributed by atoms with Gasteiger partial charge in [0.05, 0.1) is 0 Å². The van der Waals surface area contributed by atoms with Gasteiger partial charge in [0.1, 0.15) is 17.6 Å². The second-order valence-corrected chi connectivity index (χ2v) is 4.68. The maximum absolute atomic E-state index is 8.78. The highest BCUT2D eigenvalue weighted by atomic mass is 15.0. The first-order valence-corrected chi connectivity index (χ1v) is 5.84. The summed E-state index contributed by atoms with van der Waals surface area (Å²) in [7, 11) is 0. The molecule has 84 valence electrons. The van der Waals surface area contributed by atoms with Crippen LogP contribution in [0.5, 0.6) is 0 Å². The van der Waals surface area contributed by atoms with Crippen LogP contribution in [0.15, 0.2) is 18.2 Å². The van der Waals surface area contributed by atoms with Crippen LogP contribution >= 0.6 is 0 Å². The Morgan fingerprint density at radius 3 is 2.81 bits per heavy atom. The predicted octanol–water partition coefficient (Wildman–Crippen LogP) is 2.80. The number of anilines is 1. The van der Waals surface area contributed by atoms with Crippen molar-refractivity contribution in [1.82, 2.24) is 4.98 Å². The van der Waals surface area contributed by atoms with Gasteiger partial charge >= 0.3 is 0 Å². The predicted molar refractivity (Wildman–Crippen MR) is 63.9 cm³/mol. The van der Waals surface area contributed by atoms with Gasteiger partial charge in [0.2, 0.25) is 0 Å². The highest BCUT2D eigenvalue weighted by molar-refractivity contribution is 5.39. The first-order chi connectivity index (χ1) is 7.70. The second-order valence-electron chi connectivity index (χ2n) is 4.68. The van der Waals surface area contributed by atoms with Crippen molar-refractivity contribution in [2.45, 2.75) is 32.7 Å². The molecule has 1 aromatic rings. The van der Waals surface area contributed by atoms with Gasteiger partial charge in [0.25, 0.3) is 0 Å². The summed E-state index contributed by atoms with van der Waals surface area (Å²) >= 11 is 0. The first kappa shape index (κ1) is 10.9. The van der Waals surface area contributed by atoms with Crippen LogP contribution < -0.4 is 5.32 Å². The summed E-state index contributed by atoms with van der Waals surface area (Å²) in [5, 5.41) is 12.2. The molecule has 1 fully saturated rings. The number of hydrogen-bond donors (Lipinski definition) is 1. The molecule has 16 heavy (non-hydrogen) atoms. The minimum atomic E-state index is 0.476. The van der Waals surface area contributed by atoms with E-state index in [0.29, 0.717) is 17.7 Å². The summed E-state index contributed by atoms with van der Waals surface area (Å²) in [6, 6.07) is 8.08. The number of hydrogen-bond acceptors (Lipinski definition) is 3. The minimum absolute atomic E-state index is 0.476. The van der Waals surface area contributed by atoms with E-state index in [4.69, 9.17) is 5.26 Å². The van der Waals surface area contributed by atoms with E-state index in [2.05, 4.69) is 30.2 Å². The Bertz CT molecular complexity index is 408. The second kappa shape index (κ2) is 4.52. The first-order valence-electron chi connectivity index (χ1n) is 5.84. The number of aromatic nitrogens is 1. The highest BCUT2D eigenvalue weighted by Gasteiger charge is 2.29. The largest absolute Gasteiger partial charge is 0.367 e. The Kier molecular flexibility index (Phi) is 3.09. The Hall–Kier alpha value is -1.56. The van der Waals surface area contributed by atoms with E-state index in [-0.39, 0.29) is 0 Å². The van der Waals surface area contributed by atoms with Crippen LogP contribution in [-0.4, -0.2) is 11.0 Å². The van der Waals surface area contributed by atoms with Crippen LogP contribution in [0.2, 0.25) is 0 Å². The van der Waals surface area contributed by atoms with E-state index >= 15 is 0 Å². The highest BCUT2D eigenvalue weighted by Crippen LogP contribution is 2.32. The van der Waals surface area contributed by atoms with Crippen LogP contribution in [-0.2, 0) is 0 Å². The van der Waals surface area contributed by atoms with Crippen molar-refractivity contribution >= 4 is 5.82 Å². The fourth-order valence-corrected chi connectivity index (χ4v) is 2.34. The number of nitriles is 1. The molecule has 1 heterocycles. The maximum atomic E-state index is 8.78. The molecule has 0 bridgehead atoms. The molecule has 0 radical (unpaired) electrons. The van der Waals surface area contributed by atoms with Crippen molar-refractivity contribution in [2.75, 3.05) is 5.32 Å². The molecule has 1 N–H and O–H groups in total. The molecule has 3 atom stereocenters. The SMILES string of the molecule is CC1CCC(Nc2cccc(C#N)n2)C1C. The number of pyridine rings is 1. The van der Waals surface area contributed by atoms with Gasteiger partial charge in [-0.3, -0.25) is 0 Å². The molecule has 3 heteroatoms. The normalized spacial score (nSPS) is 28.7. The molecule has 3 unspecified atom stereocenters. The lowest BCUT2D eigenvalue weighted by Crippen LogP contribution is -2.24. The summed E-state index contributed by atoms with van der Waals surface area (Å²) in [5.74, 6) is 2.27. The van der Waals surface area contributed by atoms with Gasteiger partial charge in [-0.15, -0.1) is 0 Å². The maximum Gasteiger partial charge on any atom is 0.142 e. The van der Waals surface area contributed by atoms with Crippen LogP contribution in [0.1, 0.15) is 32.4 Å². The fraction of sp³-hybridized carbons (Fsp3) is 0.538. The van der Waals surface area contributed by atoms with Crippen molar-refractivity contribution in [3.05, 3.63) is 23.9 Å². The number of nitrogens with one attached hydrogen (secondary N) is 1. The Labute approximate surface area is 96.5 Å². The molecule has 1 aliphatic rings. The number of rotatable bonds is 2. The van der Waals surface area contributed by atoms with E-state index in [1.54, 1.807) is 6.07 Å². The van der Waals surface area contributed by atoms with E-state index < -0.39 is 0 Å². The van der Waals surface area contributed by atoms with E-state index in [1.165, 1.54) is 12.8 Å². The Balaban J connectivity index is 2.07. The zero-order valence-electron chi connectivity index (χ0n) is 9.77. The summed E-state index contributed by atoms with van der Waals surface area (Å²) < 4.78 is 0. The molecule has 1 saturated carbocycles. The van der Waals surface area contributed by atoms with Gasteiger partial charge in [-0.05, 0) is 36.8 Å². The van der Waals surface area contributed by atoms with Gasteiger partial charge < -0.3 is 5.32 Å². The van der Waals surface area contributed by atoms with Crippen molar-refractivity contribution in [3.8, 4) is 6.07 Å². The molecule has 0 saturated heterocycles. The van der Waals surface area contributed by atoms with Gasteiger partial charge in [-0.2, -0.15) is 5.26 Å². The molecule has 0 aromatic carbocycles. The molecule has 2 rings (SSSR count). The van der Waals surface area contributed by atoms with E-state index in [1.807, 2.05) is 12.1 Å². The molecule has 0 aliphatic heterocycles. The Morgan fingerprint density at radius 2 is 2.19 bits per heavy atom.